The standard InChI is InChI=1S/C11H22O5/c1-3-4-5-14-6-7-15-8-9-16-11(13)10(2)12/h10,12H,3-9H2,1-2H3/t10-/m1/s1. The number of carbonyl (C=O) groups is 1. The molecule has 16 heavy (non-hydrogen) atoms. The molecule has 0 heterocycles. The van der Waals surface area contributed by atoms with Crippen molar-refractivity contribution in [3.05, 3.63) is 0 Å². The molecular formula is C11H22O5. The van der Waals surface area contributed by atoms with Gasteiger partial charge in [-0.2, -0.15) is 0 Å². The zero-order valence-electron chi connectivity index (χ0n) is 10.1. The Bertz CT molecular complexity index is 170. The first-order chi connectivity index (χ1) is 7.68. The van der Waals surface area contributed by atoms with Gasteiger partial charge in [0.2, 0.25) is 0 Å². The van der Waals surface area contributed by atoms with E-state index < -0.39 is 12.1 Å². The number of esters is 1. The molecule has 0 aliphatic carbocycles. The smallest absolute Gasteiger partial charge is 0.334 e. The molecule has 1 N–H and O–H groups in total. The van der Waals surface area contributed by atoms with E-state index in [4.69, 9.17) is 19.3 Å². The minimum absolute atomic E-state index is 0.165. The average Bonchev–Trinajstić information content (AvgIpc) is 2.26. The van der Waals surface area contributed by atoms with Crippen LogP contribution in [0, 0.1) is 0 Å². The summed E-state index contributed by atoms with van der Waals surface area (Å²) < 4.78 is 15.1. The average molecular weight is 234 g/mol. The van der Waals surface area contributed by atoms with Crippen LogP contribution in [0.15, 0.2) is 0 Å². The van der Waals surface area contributed by atoms with E-state index in [2.05, 4.69) is 6.92 Å². The summed E-state index contributed by atoms with van der Waals surface area (Å²) in [5, 5.41) is 8.81. The van der Waals surface area contributed by atoms with Crippen LogP contribution < -0.4 is 0 Å². The topological polar surface area (TPSA) is 65.0 Å². The van der Waals surface area contributed by atoms with Gasteiger partial charge in [-0.05, 0) is 13.3 Å². The molecule has 0 aliphatic rings. The molecule has 5 heteroatoms. The summed E-state index contributed by atoms with van der Waals surface area (Å²) >= 11 is 0. The van der Waals surface area contributed by atoms with Gasteiger partial charge in [0, 0.05) is 6.61 Å². The molecule has 0 aromatic heterocycles. The molecule has 0 saturated carbocycles. The first-order valence-electron chi connectivity index (χ1n) is 5.68. The number of aliphatic hydroxyl groups is 1. The zero-order chi connectivity index (χ0) is 12.2. The van der Waals surface area contributed by atoms with Gasteiger partial charge in [-0.15, -0.1) is 0 Å². The number of hydrogen-bond donors (Lipinski definition) is 1. The van der Waals surface area contributed by atoms with Crippen LogP contribution in [0.1, 0.15) is 26.7 Å². The van der Waals surface area contributed by atoms with Crippen molar-refractivity contribution in [3.8, 4) is 0 Å². The first-order valence-corrected chi connectivity index (χ1v) is 5.68. The fraction of sp³-hybridized carbons (Fsp3) is 0.909. The Kier molecular flexibility index (Phi) is 10.4. The van der Waals surface area contributed by atoms with E-state index in [-0.39, 0.29) is 6.61 Å². The van der Waals surface area contributed by atoms with Crippen molar-refractivity contribution < 1.29 is 24.1 Å². The van der Waals surface area contributed by atoms with Crippen molar-refractivity contribution in [3.63, 3.8) is 0 Å². The van der Waals surface area contributed by atoms with Crippen molar-refractivity contribution >= 4 is 5.97 Å². The van der Waals surface area contributed by atoms with Gasteiger partial charge in [0.1, 0.15) is 12.7 Å². The summed E-state index contributed by atoms with van der Waals surface area (Å²) in [5.41, 5.74) is 0. The number of hydrogen-bond acceptors (Lipinski definition) is 5. The summed E-state index contributed by atoms with van der Waals surface area (Å²) in [5.74, 6) is -0.622. The molecule has 0 aliphatic heterocycles. The van der Waals surface area contributed by atoms with Gasteiger partial charge in [-0.25, -0.2) is 4.79 Å². The predicted octanol–water partition coefficient (Wildman–Crippen LogP) is 0.744. The summed E-state index contributed by atoms with van der Waals surface area (Å²) in [6, 6.07) is 0. The minimum atomic E-state index is -1.07. The highest BCUT2D eigenvalue weighted by Crippen LogP contribution is 1.89. The highest BCUT2D eigenvalue weighted by Gasteiger charge is 2.08. The highest BCUT2D eigenvalue weighted by atomic mass is 16.6. The van der Waals surface area contributed by atoms with Gasteiger partial charge in [0.05, 0.1) is 19.8 Å². The van der Waals surface area contributed by atoms with Crippen LogP contribution >= 0.6 is 0 Å². The van der Waals surface area contributed by atoms with Crippen LogP contribution in [0.3, 0.4) is 0 Å². The Morgan fingerprint density at radius 2 is 1.69 bits per heavy atom. The Hall–Kier alpha value is -0.650. The van der Waals surface area contributed by atoms with Gasteiger partial charge in [-0.3, -0.25) is 0 Å². The predicted molar refractivity (Wildman–Crippen MR) is 59.2 cm³/mol. The van der Waals surface area contributed by atoms with Gasteiger partial charge < -0.3 is 19.3 Å². The van der Waals surface area contributed by atoms with Crippen molar-refractivity contribution in [1.82, 2.24) is 0 Å². The highest BCUT2D eigenvalue weighted by molar-refractivity contribution is 5.73. The van der Waals surface area contributed by atoms with Crippen molar-refractivity contribution in [1.29, 1.82) is 0 Å². The Labute approximate surface area is 96.7 Å². The largest absolute Gasteiger partial charge is 0.461 e. The molecule has 1 atom stereocenters. The molecule has 96 valence electrons. The molecule has 0 fully saturated rings. The molecule has 0 spiro atoms. The summed E-state index contributed by atoms with van der Waals surface area (Å²) in [7, 11) is 0. The first kappa shape index (κ1) is 15.3. The minimum Gasteiger partial charge on any atom is -0.461 e. The molecule has 5 nitrogen and oxygen atoms in total. The Balaban J connectivity index is 3.07. The third-order valence-electron chi connectivity index (χ3n) is 1.83. The lowest BCUT2D eigenvalue weighted by Gasteiger charge is -2.07. The van der Waals surface area contributed by atoms with E-state index in [0.717, 1.165) is 19.4 Å². The van der Waals surface area contributed by atoms with E-state index in [1.807, 2.05) is 0 Å². The van der Waals surface area contributed by atoms with E-state index in [0.29, 0.717) is 19.8 Å². The zero-order valence-corrected chi connectivity index (χ0v) is 10.1. The lowest BCUT2D eigenvalue weighted by Crippen LogP contribution is -2.21. The van der Waals surface area contributed by atoms with Gasteiger partial charge in [0.15, 0.2) is 0 Å². The number of ether oxygens (including phenoxy) is 3. The fourth-order valence-electron chi connectivity index (χ4n) is 0.890. The third-order valence-corrected chi connectivity index (χ3v) is 1.83. The lowest BCUT2D eigenvalue weighted by atomic mass is 10.4. The van der Waals surface area contributed by atoms with Crippen LogP contribution in [-0.2, 0) is 19.0 Å². The quantitative estimate of drug-likeness (QED) is 0.446. The molecule has 0 radical (unpaired) electrons. The molecule has 0 amide bonds. The lowest BCUT2D eigenvalue weighted by molar-refractivity contribution is -0.154. The van der Waals surface area contributed by atoms with Crippen LogP contribution in [0.4, 0.5) is 0 Å². The van der Waals surface area contributed by atoms with Gasteiger partial charge >= 0.3 is 5.97 Å². The fourth-order valence-corrected chi connectivity index (χ4v) is 0.890. The summed E-state index contributed by atoms with van der Waals surface area (Å²) in [6.45, 7) is 5.78. The number of carbonyl (C=O) groups excluding carboxylic acids is 1. The Morgan fingerprint density at radius 1 is 1.12 bits per heavy atom. The Morgan fingerprint density at radius 3 is 2.25 bits per heavy atom. The second-order valence-corrected chi connectivity index (χ2v) is 3.42. The molecule has 0 rings (SSSR count). The van der Waals surface area contributed by atoms with Crippen molar-refractivity contribution in [2.24, 2.45) is 0 Å². The molecule has 0 bridgehead atoms. The van der Waals surface area contributed by atoms with Crippen LogP contribution in [0.25, 0.3) is 0 Å². The molecular weight excluding hydrogens is 212 g/mol. The molecule has 0 aromatic rings. The molecule has 0 unspecified atom stereocenters. The maximum atomic E-state index is 10.8. The normalized spacial score (nSPS) is 12.4. The number of rotatable bonds is 10. The van der Waals surface area contributed by atoms with Crippen LogP contribution in [-0.4, -0.2) is 50.2 Å². The maximum absolute atomic E-state index is 10.8. The van der Waals surface area contributed by atoms with E-state index in [1.165, 1.54) is 6.92 Å². The monoisotopic (exact) mass is 234 g/mol. The van der Waals surface area contributed by atoms with Crippen LogP contribution in [0.5, 0.6) is 0 Å². The number of unbranched alkanes of at least 4 members (excludes halogenated alkanes) is 1. The number of aliphatic hydroxyl groups excluding tert-OH is 1. The molecule has 0 saturated heterocycles. The van der Waals surface area contributed by atoms with Crippen LogP contribution in [0.2, 0.25) is 0 Å². The van der Waals surface area contributed by atoms with Gasteiger partial charge in [0.25, 0.3) is 0 Å². The van der Waals surface area contributed by atoms with Gasteiger partial charge in [-0.1, -0.05) is 13.3 Å². The van der Waals surface area contributed by atoms with Crippen molar-refractivity contribution in [2.45, 2.75) is 32.8 Å². The molecule has 0 aromatic carbocycles. The SMILES string of the molecule is CCCCOCCOCCOC(=O)[C@@H](C)O. The second-order valence-electron chi connectivity index (χ2n) is 3.42. The second kappa shape index (κ2) is 10.9. The third kappa shape index (κ3) is 9.89. The van der Waals surface area contributed by atoms with E-state index in [1.54, 1.807) is 0 Å². The maximum Gasteiger partial charge on any atom is 0.334 e. The van der Waals surface area contributed by atoms with E-state index >= 15 is 0 Å². The summed E-state index contributed by atoms with van der Waals surface area (Å²) in [4.78, 5) is 10.8. The summed E-state index contributed by atoms with van der Waals surface area (Å²) in [6.07, 6.45) is 1.11. The van der Waals surface area contributed by atoms with Crippen molar-refractivity contribution in [2.75, 3.05) is 33.0 Å². The van der Waals surface area contributed by atoms with E-state index in [9.17, 15) is 4.79 Å².